The van der Waals surface area contributed by atoms with Crippen LogP contribution in [0.3, 0.4) is 0 Å². The average molecular weight is 459 g/mol. The molecular formula is C25H25F3N2OS. The molecule has 0 aliphatic carbocycles. The molecule has 2 unspecified atom stereocenters. The number of benzene rings is 2. The quantitative estimate of drug-likeness (QED) is 0.515. The lowest BCUT2D eigenvalue weighted by molar-refractivity contribution is -0.137. The number of fused-ring (bicyclic) bond motifs is 1. The molecule has 7 heteroatoms. The van der Waals surface area contributed by atoms with Gasteiger partial charge in [0.1, 0.15) is 5.54 Å². The number of halogens is 3. The number of amides is 1. The minimum atomic E-state index is -4.34. The normalized spacial score (nSPS) is 18.7. The molecule has 0 bridgehead atoms. The number of rotatable bonds is 6. The third kappa shape index (κ3) is 4.19. The molecule has 1 aliphatic heterocycles. The number of alkyl halides is 3. The molecule has 1 aliphatic rings. The lowest BCUT2D eigenvalue weighted by atomic mass is 9.84. The topological polar surface area (TPSA) is 46.3 Å². The zero-order valence-electron chi connectivity index (χ0n) is 17.7. The van der Waals surface area contributed by atoms with E-state index in [-0.39, 0.29) is 6.04 Å². The molecule has 2 N–H and O–H groups in total. The lowest BCUT2D eigenvalue weighted by Gasteiger charge is -2.46. The average Bonchev–Trinajstić information content (AvgIpc) is 3.26. The number of carbonyl (C=O) groups excluding carboxylic acids is 1. The third-order valence-electron chi connectivity index (χ3n) is 6.46. The van der Waals surface area contributed by atoms with Crippen LogP contribution in [0.2, 0.25) is 0 Å². The van der Waals surface area contributed by atoms with Gasteiger partial charge in [-0.15, -0.1) is 11.3 Å². The minimum Gasteiger partial charge on any atom is -0.368 e. The molecule has 4 rings (SSSR count). The molecule has 0 saturated carbocycles. The van der Waals surface area contributed by atoms with E-state index >= 15 is 0 Å². The summed E-state index contributed by atoms with van der Waals surface area (Å²) in [6, 6.07) is 16.9. The van der Waals surface area contributed by atoms with Crippen LogP contribution in [0.1, 0.15) is 46.5 Å². The maximum atomic E-state index is 12.9. The molecule has 1 aromatic heterocycles. The van der Waals surface area contributed by atoms with E-state index < -0.39 is 23.2 Å². The van der Waals surface area contributed by atoms with Crippen LogP contribution in [0.25, 0.3) is 0 Å². The van der Waals surface area contributed by atoms with E-state index in [1.807, 2.05) is 37.3 Å². The highest BCUT2D eigenvalue weighted by Gasteiger charge is 2.45. The van der Waals surface area contributed by atoms with Gasteiger partial charge in [-0.25, -0.2) is 0 Å². The van der Waals surface area contributed by atoms with Crippen LogP contribution >= 0.6 is 11.3 Å². The summed E-state index contributed by atoms with van der Waals surface area (Å²) < 4.78 is 38.7. The van der Waals surface area contributed by atoms with Gasteiger partial charge in [0.2, 0.25) is 5.91 Å². The van der Waals surface area contributed by atoms with E-state index in [0.29, 0.717) is 19.4 Å². The van der Waals surface area contributed by atoms with Gasteiger partial charge in [-0.3, -0.25) is 9.69 Å². The number of hydrogen-bond donors (Lipinski definition) is 1. The van der Waals surface area contributed by atoms with Gasteiger partial charge in [-0.2, -0.15) is 13.2 Å². The second kappa shape index (κ2) is 8.71. The Bertz CT molecular complexity index is 1080. The first kappa shape index (κ1) is 22.6. The van der Waals surface area contributed by atoms with E-state index in [1.165, 1.54) is 22.6 Å². The Balaban J connectivity index is 1.65. The fourth-order valence-electron chi connectivity index (χ4n) is 4.58. The summed E-state index contributed by atoms with van der Waals surface area (Å²) in [5.41, 5.74) is 7.28. The molecule has 0 spiro atoms. The van der Waals surface area contributed by atoms with Crippen LogP contribution in [0.15, 0.2) is 66.0 Å². The number of hydrogen-bond acceptors (Lipinski definition) is 3. The van der Waals surface area contributed by atoms with Crippen LogP contribution in [-0.2, 0) is 29.4 Å². The molecule has 2 heterocycles. The predicted octanol–water partition coefficient (Wildman–Crippen LogP) is 5.70. The fourth-order valence-corrected chi connectivity index (χ4v) is 5.69. The zero-order chi connectivity index (χ0) is 22.9. The van der Waals surface area contributed by atoms with Gasteiger partial charge in [0.25, 0.3) is 0 Å². The number of primary amides is 1. The fraction of sp³-hybridized carbons (Fsp3) is 0.320. The third-order valence-corrected chi connectivity index (χ3v) is 7.52. The molecule has 2 atom stereocenters. The molecule has 168 valence electrons. The molecule has 2 aromatic carbocycles. The van der Waals surface area contributed by atoms with Gasteiger partial charge < -0.3 is 5.73 Å². The van der Waals surface area contributed by atoms with E-state index in [0.717, 1.165) is 29.7 Å². The molecule has 0 radical (unpaired) electrons. The summed E-state index contributed by atoms with van der Waals surface area (Å²) in [5, 5.41) is 2.06. The van der Waals surface area contributed by atoms with Crippen molar-refractivity contribution in [3.05, 3.63) is 93.2 Å². The number of aryl methyl sites for hydroxylation is 1. The number of nitrogens with two attached hydrogens (primary N) is 1. The Labute approximate surface area is 189 Å². The maximum absolute atomic E-state index is 12.9. The van der Waals surface area contributed by atoms with Gasteiger partial charge in [0, 0.05) is 17.5 Å². The van der Waals surface area contributed by atoms with Gasteiger partial charge in [-0.1, -0.05) is 42.5 Å². The Morgan fingerprint density at radius 2 is 1.75 bits per heavy atom. The minimum absolute atomic E-state index is 0.0567. The highest BCUT2D eigenvalue weighted by molar-refractivity contribution is 7.10. The summed E-state index contributed by atoms with van der Waals surface area (Å²) in [7, 11) is 0. The van der Waals surface area contributed by atoms with Crippen LogP contribution in [0.5, 0.6) is 0 Å². The van der Waals surface area contributed by atoms with E-state index in [2.05, 4.69) is 16.3 Å². The Hall–Kier alpha value is -2.64. The van der Waals surface area contributed by atoms with E-state index in [9.17, 15) is 18.0 Å². The van der Waals surface area contributed by atoms with Crippen LogP contribution in [0, 0.1) is 0 Å². The summed E-state index contributed by atoms with van der Waals surface area (Å²) in [4.78, 5) is 16.2. The molecule has 32 heavy (non-hydrogen) atoms. The summed E-state index contributed by atoms with van der Waals surface area (Å²) in [5.74, 6) is -0.414. The van der Waals surface area contributed by atoms with Gasteiger partial charge in [-0.05, 0) is 66.5 Å². The highest BCUT2D eigenvalue weighted by atomic mass is 32.1. The first-order valence-electron chi connectivity index (χ1n) is 10.6. The lowest BCUT2D eigenvalue weighted by Crippen LogP contribution is -2.56. The van der Waals surface area contributed by atoms with Crippen molar-refractivity contribution in [2.75, 3.05) is 6.54 Å². The first-order chi connectivity index (χ1) is 15.2. The van der Waals surface area contributed by atoms with Crippen molar-refractivity contribution in [3.8, 4) is 0 Å². The van der Waals surface area contributed by atoms with Crippen molar-refractivity contribution in [3.63, 3.8) is 0 Å². The van der Waals surface area contributed by atoms with Crippen molar-refractivity contribution < 1.29 is 18.0 Å². The van der Waals surface area contributed by atoms with Crippen molar-refractivity contribution >= 4 is 17.2 Å². The Morgan fingerprint density at radius 1 is 1.06 bits per heavy atom. The predicted molar refractivity (Wildman–Crippen MR) is 120 cm³/mol. The molecule has 3 nitrogen and oxygen atoms in total. The SMILES string of the molecule is CC(C(N)=O)(c1ccccc1)N1CCc2ccsc2C1CCc1ccc(C(F)(F)F)cc1. The molecule has 1 amide bonds. The zero-order valence-corrected chi connectivity index (χ0v) is 18.5. The van der Waals surface area contributed by atoms with Gasteiger partial charge >= 0.3 is 6.18 Å². The Kier molecular flexibility index (Phi) is 6.14. The second-order valence-electron chi connectivity index (χ2n) is 8.31. The first-order valence-corrected chi connectivity index (χ1v) is 11.4. The van der Waals surface area contributed by atoms with E-state index in [1.54, 1.807) is 11.3 Å². The Morgan fingerprint density at radius 3 is 2.38 bits per heavy atom. The van der Waals surface area contributed by atoms with Crippen molar-refractivity contribution in [2.24, 2.45) is 5.73 Å². The highest BCUT2D eigenvalue weighted by Crippen LogP contribution is 2.44. The van der Waals surface area contributed by atoms with E-state index in [4.69, 9.17) is 5.73 Å². The molecule has 0 saturated heterocycles. The standard InChI is InChI=1S/C25H25F3N2OS/c1-24(23(29)31,19-5-3-2-4-6-19)30-15-13-18-14-16-32-22(18)21(30)12-9-17-7-10-20(11-8-17)25(26,27)28/h2-8,10-11,14,16,21H,9,12-13,15H2,1H3,(H2,29,31). The van der Waals surface area contributed by atoms with Gasteiger partial charge in [0.15, 0.2) is 0 Å². The number of thiophene rings is 1. The summed E-state index contributed by atoms with van der Waals surface area (Å²) in [6.07, 6.45) is -2.25. The molecular weight excluding hydrogens is 433 g/mol. The summed E-state index contributed by atoms with van der Waals surface area (Å²) >= 11 is 1.66. The number of carbonyl (C=O) groups is 1. The maximum Gasteiger partial charge on any atom is 0.416 e. The monoisotopic (exact) mass is 458 g/mol. The molecule has 0 fully saturated rings. The number of nitrogens with zero attached hydrogens (tertiary/aromatic N) is 1. The van der Waals surface area contributed by atoms with Crippen LogP contribution in [-0.4, -0.2) is 17.4 Å². The largest absolute Gasteiger partial charge is 0.416 e. The van der Waals surface area contributed by atoms with Crippen molar-refractivity contribution in [1.82, 2.24) is 4.90 Å². The molecule has 3 aromatic rings. The smallest absolute Gasteiger partial charge is 0.368 e. The van der Waals surface area contributed by atoms with Crippen molar-refractivity contribution in [1.29, 1.82) is 0 Å². The van der Waals surface area contributed by atoms with Crippen LogP contribution < -0.4 is 5.73 Å². The second-order valence-corrected chi connectivity index (χ2v) is 9.25. The van der Waals surface area contributed by atoms with Gasteiger partial charge in [0.05, 0.1) is 5.56 Å². The van der Waals surface area contributed by atoms with Crippen LogP contribution in [0.4, 0.5) is 13.2 Å². The summed E-state index contributed by atoms with van der Waals surface area (Å²) in [6.45, 7) is 2.55. The van der Waals surface area contributed by atoms with Crippen molar-refractivity contribution in [2.45, 2.75) is 43.9 Å².